The van der Waals surface area contributed by atoms with Crippen molar-refractivity contribution in [1.29, 1.82) is 5.41 Å². The van der Waals surface area contributed by atoms with Gasteiger partial charge in [-0.2, -0.15) is 0 Å². The molecule has 1 fully saturated rings. The molecule has 10 nitrogen and oxygen atoms in total. The van der Waals surface area contributed by atoms with E-state index in [-0.39, 0.29) is 23.6 Å². The van der Waals surface area contributed by atoms with Crippen LogP contribution in [0, 0.1) is 5.41 Å². The monoisotopic (exact) mass is 447 g/mol. The quantitative estimate of drug-likeness (QED) is 0.444. The number of amides is 2. The van der Waals surface area contributed by atoms with Gasteiger partial charge in [0.15, 0.2) is 0 Å². The Bertz CT molecular complexity index is 1230. The number of ether oxygens (including phenoxy) is 1. The molecule has 0 aromatic carbocycles. The Morgan fingerprint density at radius 2 is 2.12 bits per heavy atom. The smallest absolute Gasteiger partial charge is 0.274 e. The Morgan fingerprint density at radius 1 is 1.27 bits per heavy atom. The number of pyridine rings is 2. The highest BCUT2D eigenvalue weighted by Gasteiger charge is 2.21. The summed E-state index contributed by atoms with van der Waals surface area (Å²) in [7, 11) is 0. The summed E-state index contributed by atoms with van der Waals surface area (Å²) in [6.45, 7) is 2.69. The average molecular weight is 447 g/mol. The van der Waals surface area contributed by atoms with E-state index in [0.717, 1.165) is 24.6 Å². The van der Waals surface area contributed by atoms with Gasteiger partial charge in [0.2, 0.25) is 0 Å². The van der Waals surface area contributed by atoms with Gasteiger partial charge in [-0.15, -0.1) is 0 Å². The molecule has 170 valence electrons. The molecule has 2 aliphatic rings. The minimum Gasteiger partial charge on any atom is -0.381 e. The van der Waals surface area contributed by atoms with Crippen LogP contribution in [-0.4, -0.2) is 58.4 Å². The number of rotatable bonds is 5. The van der Waals surface area contributed by atoms with Crippen molar-refractivity contribution in [3.8, 4) is 0 Å². The maximum atomic E-state index is 12.9. The molecule has 3 aromatic rings. The van der Waals surface area contributed by atoms with Crippen LogP contribution in [0.5, 0.6) is 0 Å². The van der Waals surface area contributed by atoms with Crippen molar-refractivity contribution >= 4 is 40.6 Å². The van der Waals surface area contributed by atoms with E-state index in [9.17, 15) is 9.59 Å². The molecule has 4 N–H and O–H groups in total. The summed E-state index contributed by atoms with van der Waals surface area (Å²) in [5.41, 5.74) is 2.48. The SMILES string of the molecule is N=Cc1cc(NC(=O)c2ccc3cc4n(c3n2)CCCNC4=O)cnc1NC1CCOCC1. The summed E-state index contributed by atoms with van der Waals surface area (Å²) in [5.74, 6) is 0.105. The molecule has 5 rings (SSSR count). The largest absolute Gasteiger partial charge is 0.381 e. The van der Waals surface area contributed by atoms with Crippen LogP contribution in [0.25, 0.3) is 11.0 Å². The first-order valence-corrected chi connectivity index (χ1v) is 11.1. The van der Waals surface area contributed by atoms with E-state index >= 15 is 0 Å². The molecule has 0 unspecified atom stereocenters. The summed E-state index contributed by atoms with van der Waals surface area (Å²) < 4.78 is 7.24. The Labute approximate surface area is 190 Å². The highest BCUT2D eigenvalue weighted by Crippen LogP contribution is 2.22. The molecule has 1 saturated heterocycles. The molecular formula is C23H25N7O3. The zero-order valence-electron chi connectivity index (χ0n) is 18.1. The van der Waals surface area contributed by atoms with Crippen LogP contribution in [-0.2, 0) is 11.3 Å². The molecule has 33 heavy (non-hydrogen) atoms. The second kappa shape index (κ2) is 8.99. The first kappa shape index (κ1) is 21.1. The predicted octanol–water partition coefficient (Wildman–Crippen LogP) is 2.41. The third-order valence-electron chi connectivity index (χ3n) is 5.95. The van der Waals surface area contributed by atoms with E-state index < -0.39 is 0 Å². The fourth-order valence-electron chi connectivity index (χ4n) is 4.21. The number of aryl methyl sites for hydroxylation is 1. The fraction of sp³-hybridized carbons (Fsp3) is 0.348. The zero-order valence-corrected chi connectivity index (χ0v) is 18.1. The molecule has 0 aliphatic carbocycles. The van der Waals surface area contributed by atoms with Gasteiger partial charge >= 0.3 is 0 Å². The third-order valence-corrected chi connectivity index (χ3v) is 5.95. The summed E-state index contributed by atoms with van der Waals surface area (Å²) in [4.78, 5) is 34.1. The molecule has 0 atom stereocenters. The zero-order chi connectivity index (χ0) is 22.8. The number of nitrogens with one attached hydrogen (secondary N) is 4. The maximum Gasteiger partial charge on any atom is 0.274 e. The minimum atomic E-state index is -0.381. The first-order valence-electron chi connectivity index (χ1n) is 11.1. The highest BCUT2D eigenvalue weighted by molar-refractivity contribution is 6.05. The highest BCUT2D eigenvalue weighted by atomic mass is 16.5. The molecule has 5 heterocycles. The second-order valence-electron chi connectivity index (χ2n) is 8.19. The van der Waals surface area contributed by atoms with Gasteiger partial charge in [0.1, 0.15) is 22.9 Å². The summed E-state index contributed by atoms with van der Waals surface area (Å²) in [6, 6.07) is 7.21. The number of nitrogens with zero attached hydrogens (tertiary/aromatic N) is 3. The molecule has 3 aromatic heterocycles. The molecule has 0 radical (unpaired) electrons. The topological polar surface area (TPSA) is 134 Å². The van der Waals surface area contributed by atoms with Gasteiger partial charge in [-0.1, -0.05) is 0 Å². The lowest BCUT2D eigenvalue weighted by atomic mass is 10.1. The summed E-state index contributed by atoms with van der Waals surface area (Å²) in [5, 5.41) is 17.6. The van der Waals surface area contributed by atoms with Crippen LogP contribution in [0.4, 0.5) is 11.5 Å². The summed E-state index contributed by atoms with van der Waals surface area (Å²) in [6.07, 6.45) is 5.36. The van der Waals surface area contributed by atoms with Crippen molar-refractivity contribution in [2.45, 2.75) is 31.8 Å². The number of fused-ring (bicyclic) bond motifs is 3. The molecule has 0 bridgehead atoms. The average Bonchev–Trinajstić information content (AvgIpc) is 3.11. The lowest BCUT2D eigenvalue weighted by Gasteiger charge is -2.24. The fourth-order valence-corrected chi connectivity index (χ4v) is 4.21. The Kier molecular flexibility index (Phi) is 5.74. The van der Waals surface area contributed by atoms with E-state index in [1.54, 1.807) is 30.5 Å². The van der Waals surface area contributed by atoms with Crippen molar-refractivity contribution < 1.29 is 14.3 Å². The molecule has 2 aliphatic heterocycles. The van der Waals surface area contributed by atoms with Crippen LogP contribution in [0.2, 0.25) is 0 Å². The Balaban J connectivity index is 1.36. The summed E-state index contributed by atoms with van der Waals surface area (Å²) >= 11 is 0. The van der Waals surface area contributed by atoms with Crippen LogP contribution in [0.3, 0.4) is 0 Å². The number of hydrogen-bond donors (Lipinski definition) is 4. The van der Waals surface area contributed by atoms with Gasteiger partial charge in [0, 0.05) is 49.5 Å². The van der Waals surface area contributed by atoms with E-state index in [0.29, 0.717) is 54.7 Å². The number of hydrogen-bond acceptors (Lipinski definition) is 7. The second-order valence-corrected chi connectivity index (χ2v) is 8.19. The van der Waals surface area contributed by atoms with Gasteiger partial charge in [-0.25, -0.2) is 9.97 Å². The Hall–Kier alpha value is -3.79. The van der Waals surface area contributed by atoms with Gasteiger partial charge < -0.3 is 30.7 Å². The first-order chi connectivity index (χ1) is 16.1. The van der Waals surface area contributed by atoms with E-state index in [1.165, 1.54) is 6.21 Å². The third kappa shape index (κ3) is 4.29. The standard InChI is InChI=1S/C23H25N7O3/c24-12-15-10-17(13-26-20(15)27-16-4-8-33-9-5-16)28-22(31)18-3-2-14-11-19-23(32)25-6-1-7-30(19)21(14)29-18/h2-3,10-13,16,24H,1,4-9H2,(H,25,32)(H,26,27)(H,28,31). The van der Waals surface area contributed by atoms with Crippen LogP contribution >= 0.6 is 0 Å². The van der Waals surface area contributed by atoms with Crippen LogP contribution in [0.1, 0.15) is 45.8 Å². The lowest BCUT2D eigenvalue weighted by Crippen LogP contribution is -2.28. The predicted molar refractivity (Wildman–Crippen MR) is 124 cm³/mol. The van der Waals surface area contributed by atoms with Crippen molar-refractivity contribution in [2.24, 2.45) is 0 Å². The number of carbonyl (C=O) groups is 2. The molecular weight excluding hydrogens is 422 g/mol. The van der Waals surface area contributed by atoms with Crippen LogP contribution in [0.15, 0.2) is 30.5 Å². The number of aromatic nitrogens is 3. The maximum absolute atomic E-state index is 12.9. The minimum absolute atomic E-state index is 0.129. The number of carbonyl (C=O) groups excluding carboxylic acids is 2. The molecule has 10 heteroatoms. The van der Waals surface area contributed by atoms with Gasteiger partial charge in [-0.05, 0) is 43.5 Å². The van der Waals surface area contributed by atoms with Gasteiger partial charge in [0.05, 0.1) is 11.9 Å². The van der Waals surface area contributed by atoms with Gasteiger partial charge in [-0.3, -0.25) is 9.59 Å². The van der Waals surface area contributed by atoms with E-state index in [1.807, 2.05) is 4.57 Å². The van der Waals surface area contributed by atoms with Crippen LogP contribution < -0.4 is 16.0 Å². The van der Waals surface area contributed by atoms with Crippen molar-refractivity contribution in [2.75, 3.05) is 30.4 Å². The van der Waals surface area contributed by atoms with Crippen molar-refractivity contribution in [3.05, 3.63) is 47.4 Å². The van der Waals surface area contributed by atoms with E-state index in [2.05, 4.69) is 25.9 Å². The van der Waals surface area contributed by atoms with Crippen molar-refractivity contribution in [1.82, 2.24) is 19.9 Å². The van der Waals surface area contributed by atoms with Crippen molar-refractivity contribution in [3.63, 3.8) is 0 Å². The molecule has 0 saturated carbocycles. The van der Waals surface area contributed by atoms with Gasteiger partial charge in [0.25, 0.3) is 11.8 Å². The normalized spacial score (nSPS) is 16.5. The lowest BCUT2D eigenvalue weighted by molar-refractivity contribution is 0.0903. The number of anilines is 2. The Morgan fingerprint density at radius 3 is 2.94 bits per heavy atom. The molecule has 0 spiro atoms. The van der Waals surface area contributed by atoms with E-state index in [4.69, 9.17) is 10.1 Å². The molecule has 2 amide bonds.